The van der Waals surface area contributed by atoms with Crippen molar-refractivity contribution in [1.29, 1.82) is 0 Å². The number of aromatic nitrogens is 2. The van der Waals surface area contributed by atoms with E-state index in [1.54, 1.807) is 6.07 Å². The molecule has 0 fully saturated rings. The van der Waals surface area contributed by atoms with Gasteiger partial charge >= 0.3 is 0 Å². The van der Waals surface area contributed by atoms with Gasteiger partial charge in [-0.3, -0.25) is 4.79 Å². The molecule has 0 atom stereocenters. The van der Waals surface area contributed by atoms with E-state index in [0.29, 0.717) is 10.6 Å². The Hall–Kier alpha value is -1.95. The number of aryl methyl sites for hydroxylation is 2. The Labute approximate surface area is 116 Å². The fourth-order valence-corrected chi connectivity index (χ4v) is 2.34. The van der Waals surface area contributed by atoms with Crippen LogP contribution in [0.2, 0.25) is 0 Å². The summed E-state index contributed by atoms with van der Waals surface area (Å²) in [5.74, 6) is -0.174. The summed E-state index contributed by atoms with van der Waals surface area (Å²) in [5, 5.41) is 6.86. The maximum absolute atomic E-state index is 12.2. The van der Waals surface area contributed by atoms with E-state index in [1.807, 2.05) is 26.0 Å². The van der Waals surface area contributed by atoms with Crippen LogP contribution in [-0.4, -0.2) is 15.5 Å². The van der Waals surface area contributed by atoms with Gasteiger partial charge in [-0.2, -0.15) is 0 Å². The standard InChI is InChI=1S/C13H16N4OS/c1-3-4-10-12(19-17-16-10)13(18)15-11-7-9(14)6-5-8(11)2/h5-7H,3-4,14H2,1-2H3,(H,15,18). The minimum absolute atomic E-state index is 0.174. The molecule has 0 radical (unpaired) electrons. The zero-order valence-corrected chi connectivity index (χ0v) is 11.8. The van der Waals surface area contributed by atoms with Crippen LogP contribution in [0.4, 0.5) is 11.4 Å². The molecule has 1 amide bonds. The van der Waals surface area contributed by atoms with E-state index in [-0.39, 0.29) is 5.91 Å². The Morgan fingerprint density at radius 1 is 1.47 bits per heavy atom. The molecule has 2 aromatic rings. The van der Waals surface area contributed by atoms with Gasteiger partial charge in [-0.1, -0.05) is 23.9 Å². The second-order valence-electron chi connectivity index (χ2n) is 4.33. The molecule has 19 heavy (non-hydrogen) atoms. The molecule has 2 rings (SSSR count). The van der Waals surface area contributed by atoms with Gasteiger partial charge in [0.25, 0.3) is 5.91 Å². The van der Waals surface area contributed by atoms with Crippen LogP contribution in [0, 0.1) is 6.92 Å². The van der Waals surface area contributed by atoms with E-state index in [1.165, 1.54) is 0 Å². The molecule has 0 unspecified atom stereocenters. The van der Waals surface area contributed by atoms with Crippen LogP contribution in [-0.2, 0) is 6.42 Å². The predicted molar refractivity (Wildman–Crippen MR) is 77.4 cm³/mol. The van der Waals surface area contributed by atoms with E-state index < -0.39 is 0 Å². The number of carbonyl (C=O) groups is 1. The number of hydrogen-bond acceptors (Lipinski definition) is 5. The highest BCUT2D eigenvalue weighted by molar-refractivity contribution is 7.08. The molecule has 0 aliphatic carbocycles. The molecule has 1 aromatic carbocycles. The van der Waals surface area contributed by atoms with Crippen LogP contribution in [0.25, 0.3) is 0 Å². The van der Waals surface area contributed by atoms with Gasteiger partial charge in [0.2, 0.25) is 0 Å². The molecule has 0 saturated heterocycles. The van der Waals surface area contributed by atoms with Gasteiger partial charge in [-0.15, -0.1) is 5.10 Å². The lowest BCUT2D eigenvalue weighted by molar-refractivity contribution is 0.102. The van der Waals surface area contributed by atoms with Crippen molar-refractivity contribution in [3.63, 3.8) is 0 Å². The van der Waals surface area contributed by atoms with Crippen molar-refractivity contribution in [2.75, 3.05) is 11.1 Å². The summed E-state index contributed by atoms with van der Waals surface area (Å²) < 4.78 is 3.85. The Morgan fingerprint density at radius 2 is 2.26 bits per heavy atom. The molecule has 6 heteroatoms. The Kier molecular flexibility index (Phi) is 4.11. The zero-order chi connectivity index (χ0) is 13.8. The van der Waals surface area contributed by atoms with Crippen molar-refractivity contribution in [2.24, 2.45) is 0 Å². The van der Waals surface area contributed by atoms with Crippen molar-refractivity contribution in [2.45, 2.75) is 26.7 Å². The third-order valence-electron chi connectivity index (χ3n) is 2.76. The van der Waals surface area contributed by atoms with E-state index in [2.05, 4.69) is 14.9 Å². The molecule has 0 aliphatic rings. The van der Waals surface area contributed by atoms with E-state index in [9.17, 15) is 4.79 Å². The highest BCUT2D eigenvalue weighted by atomic mass is 32.1. The lowest BCUT2D eigenvalue weighted by atomic mass is 10.1. The topological polar surface area (TPSA) is 80.9 Å². The first-order valence-corrected chi connectivity index (χ1v) is 6.88. The second kappa shape index (κ2) is 5.79. The number of anilines is 2. The summed E-state index contributed by atoms with van der Waals surface area (Å²) in [5.41, 5.74) is 8.80. The first-order chi connectivity index (χ1) is 9.11. The van der Waals surface area contributed by atoms with E-state index in [4.69, 9.17) is 5.73 Å². The molecule has 100 valence electrons. The normalized spacial score (nSPS) is 10.4. The van der Waals surface area contributed by atoms with E-state index in [0.717, 1.165) is 41.3 Å². The maximum Gasteiger partial charge on any atom is 0.269 e. The predicted octanol–water partition coefficient (Wildman–Crippen LogP) is 2.63. The van der Waals surface area contributed by atoms with Crippen LogP contribution in [0.3, 0.4) is 0 Å². The zero-order valence-electron chi connectivity index (χ0n) is 10.9. The molecule has 0 aliphatic heterocycles. The average molecular weight is 276 g/mol. The Balaban J connectivity index is 2.21. The average Bonchev–Trinajstić information content (AvgIpc) is 2.82. The minimum atomic E-state index is -0.174. The first-order valence-electron chi connectivity index (χ1n) is 6.10. The number of benzene rings is 1. The van der Waals surface area contributed by atoms with Gasteiger partial charge in [0.05, 0.1) is 5.69 Å². The molecule has 5 nitrogen and oxygen atoms in total. The highest BCUT2D eigenvalue weighted by Crippen LogP contribution is 2.20. The fourth-order valence-electron chi connectivity index (χ4n) is 1.73. The van der Waals surface area contributed by atoms with Gasteiger partial charge in [-0.05, 0) is 42.6 Å². The van der Waals surface area contributed by atoms with Gasteiger partial charge in [-0.25, -0.2) is 0 Å². The maximum atomic E-state index is 12.2. The molecular formula is C13H16N4OS. The number of nitrogens with zero attached hydrogens (tertiary/aromatic N) is 2. The van der Waals surface area contributed by atoms with Gasteiger partial charge < -0.3 is 11.1 Å². The second-order valence-corrected chi connectivity index (χ2v) is 5.08. The Morgan fingerprint density at radius 3 is 3.00 bits per heavy atom. The van der Waals surface area contributed by atoms with Crippen molar-refractivity contribution in [3.8, 4) is 0 Å². The van der Waals surface area contributed by atoms with E-state index >= 15 is 0 Å². The number of nitrogens with one attached hydrogen (secondary N) is 1. The Bertz CT molecular complexity index is 594. The van der Waals surface area contributed by atoms with Crippen molar-refractivity contribution in [1.82, 2.24) is 9.59 Å². The molecule has 3 N–H and O–H groups in total. The van der Waals surface area contributed by atoms with Crippen LogP contribution >= 0.6 is 11.5 Å². The largest absolute Gasteiger partial charge is 0.399 e. The van der Waals surface area contributed by atoms with Crippen LogP contribution in [0.15, 0.2) is 18.2 Å². The molecule has 0 saturated carbocycles. The lowest BCUT2D eigenvalue weighted by Crippen LogP contribution is -2.13. The molecule has 1 aromatic heterocycles. The SMILES string of the molecule is CCCc1nnsc1C(=O)Nc1cc(N)ccc1C. The lowest BCUT2D eigenvalue weighted by Gasteiger charge is -2.08. The summed E-state index contributed by atoms with van der Waals surface area (Å²) in [6.45, 7) is 3.97. The molecule has 1 heterocycles. The third kappa shape index (κ3) is 3.08. The number of nitrogens with two attached hydrogens (primary N) is 1. The summed E-state index contributed by atoms with van der Waals surface area (Å²) in [6, 6.07) is 5.44. The quantitative estimate of drug-likeness (QED) is 0.841. The summed E-state index contributed by atoms with van der Waals surface area (Å²) in [6.07, 6.45) is 1.69. The monoisotopic (exact) mass is 276 g/mol. The van der Waals surface area contributed by atoms with Crippen LogP contribution in [0.5, 0.6) is 0 Å². The fraction of sp³-hybridized carbons (Fsp3) is 0.308. The number of nitrogen functional groups attached to an aromatic ring is 1. The molecule has 0 spiro atoms. The third-order valence-corrected chi connectivity index (χ3v) is 3.53. The van der Waals surface area contributed by atoms with Gasteiger partial charge in [0.15, 0.2) is 0 Å². The smallest absolute Gasteiger partial charge is 0.269 e. The number of carbonyl (C=O) groups excluding carboxylic acids is 1. The van der Waals surface area contributed by atoms with Crippen LogP contribution < -0.4 is 11.1 Å². The number of hydrogen-bond donors (Lipinski definition) is 2. The summed E-state index contributed by atoms with van der Waals surface area (Å²) >= 11 is 1.12. The van der Waals surface area contributed by atoms with Gasteiger partial charge in [0.1, 0.15) is 4.88 Å². The summed E-state index contributed by atoms with van der Waals surface area (Å²) in [4.78, 5) is 12.8. The van der Waals surface area contributed by atoms with Crippen molar-refractivity contribution >= 4 is 28.8 Å². The number of rotatable bonds is 4. The number of amides is 1. The molecular weight excluding hydrogens is 260 g/mol. The van der Waals surface area contributed by atoms with Crippen LogP contribution in [0.1, 0.15) is 34.3 Å². The van der Waals surface area contributed by atoms with Crippen molar-refractivity contribution in [3.05, 3.63) is 34.3 Å². The highest BCUT2D eigenvalue weighted by Gasteiger charge is 2.16. The summed E-state index contributed by atoms with van der Waals surface area (Å²) in [7, 11) is 0. The first kappa shape index (κ1) is 13.5. The minimum Gasteiger partial charge on any atom is -0.399 e. The van der Waals surface area contributed by atoms with Gasteiger partial charge in [0, 0.05) is 11.4 Å². The van der Waals surface area contributed by atoms with Crippen molar-refractivity contribution < 1.29 is 4.79 Å². The molecule has 0 bridgehead atoms.